The van der Waals surface area contributed by atoms with Gasteiger partial charge in [-0.1, -0.05) is 11.6 Å². The molecule has 2 heterocycles. The van der Waals surface area contributed by atoms with Gasteiger partial charge in [-0.05, 0) is 24.3 Å². The lowest BCUT2D eigenvalue weighted by Crippen LogP contribution is -2.46. The van der Waals surface area contributed by atoms with Crippen molar-refractivity contribution in [1.29, 1.82) is 0 Å². The standard InChI is InChI=1S/C13H12ClNO3/c14-9-1-2-11-8(5-9)6-12(18-11)13(16)10-7-17-4-3-15-10/h1-2,5-6,10,15H,3-4,7H2. The van der Waals surface area contributed by atoms with Gasteiger partial charge in [-0.25, -0.2) is 0 Å². The Morgan fingerprint density at radius 2 is 2.28 bits per heavy atom. The maximum Gasteiger partial charge on any atom is 0.217 e. The van der Waals surface area contributed by atoms with Crippen molar-refractivity contribution in [3.63, 3.8) is 0 Å². The van der Waals surface area contributed by atoms with Crippen LogP contribution in [0.2, 0.25) is 5.02 Å². The van der Waals surface area contributed by atoms with Gasteiger partial charge in [0, 0.05) is 17.0 Å². The van der Waals surface area contributed by atoms with Crippen molar-refractivity contribution in [2.75, 3.05) is 19.8 Å². The van der Waals surface area contributed by atoms with E-state index < -0.39 is 0 Å². The van der Waals surface area contributed by atoms with Gasteiger partial charge in [-0.3, -0.25) is 4.79 Å². The smallest absolute Gasteiger partial charge is 0.217 e. The van der Waals surface area contributed by atoms with E-state index in [0.29, 0.717) is 36.1 Å². The highest BCUT2D eigenvalue weighted by Crippen LogP contribution is 2.23. The molecule has 0 radical (unpaired) electrons. The number of rotatable bonds is 2. The van der Waals surface area contributed by atoms with Crippen LogP contribution in [0.5, 0.6) is 0 Å². The minimum atomic E-state index is -0.324. The molecule has 1 aliphatic heterocycles. The molecule has 1 unspecified atom stereocenters. The SMILES string of the molecule is O=C(c1cc2cc(Cl)ccc2o1)C1COCCN1. The van der Waals surface area contributed by atoms with E-state index in [1.54, 1.807) is 24.3 Å². The second kappa shape index (κ2) is 4.72. The average molecular weight is 266 g/mol. The second-order valence-electron chi connectivity index (χ2n) is 4.24. The van der Waals surface area contributed by atoms with E-state index in [9.17, 15) is 4.79 Å². The number of nitrogens with one attached hydrogen (secondary N) is 1. The van der Waals surface area contributed by atoms with Crippen molar-refractivity contribution in [2.24, 2.45) is 0 Å². The maximum atomic E-state index is 12.2. The van der Waals surface area contributed by atoms with Gasteiger partial charge in [-0.2, -0.15) is 0 Å². The highest BCUT2D eigenvalue weighted by molar-refractivity contribution is 6.31. The van der Waals surface area contributed by atoms with Crippen molar-refractivity contribution in [3.05, 3.63) is 35.0 Å². The minimum absolute atomic E-state index is 0.0815. The van der Waals surface area contributed by atoms with Crippen LogP contribution in [0.25, 0.3) is 11.0 Å². The Labute approximate surface area is 109 Å². The number of fused-ring (bicyclic) bond motifs is 1. The first-order chi connectivity index (χ1) is 8.74. The number of benzene rings is 1. The number of ether oxygens (including phenoxy) is 1. The summed E-state index contributed by atoms with van der Waals surface area (Å²) in [6, 6.07) is 6.68. The highest BCUT2D eigenvalue weighted by Gasteiger charge is 2.25. The molecule has 1 fully saturated rings. The van der Waals surface area contributed by atoms with Crippen molar-refractivity contribution in [1.82, 2.24) is 5.32 Å². The predicted molar refractivity (Wildman–Crippen MR) is 68.2 cm³/mol. The largest absolute Gasteiger partial charge is 0.453 e. The third-order valence-corrected chi connectivity index (χ3v) is 3.19. The van der Waals surface area contributed by atoms with Crippen LogP contribution in [0.15, 0.2) is 28.7 Å². The highest BCUT2D eigenvalue weighted by atomic mass is 35.5. The molecule has 1 atom stereocenters. The van der Waals surface area contributed by atoms with Crippen LogP contribution in [0.4, 0.5) is 0 Å². The molecule has 5 heteroatoms. The molecular formula is C13H12ClNO3. The Kier molecular flexibility index (Phi) is 3.07. The third kappa shape index (κ3) is 2.14. The molecule has 3 rings (SSSR count). The van der Waals surface area contributed by atoms with Gasteiger partial charge >= 0.3 is 0 Å². The minimum Gasteiger partial charge on any atom is -0.453 e. The first-order valence-electron chi connectivity index (χ1n) is 5.78. The van der Waals surface area contributed by atoms with Crippen LogP contribution in [-0.2, 0) is 4.74 Å². The predicted octanol–water partition coefficient (Wildman–Crippen LogP) is 2.26. The fraction of sp³-hybridized carbons (Fsp3) is 0.308. The number of furan rings is 1. The van der Waals surface area contributed by atoms with Gasteiger partial charge < -0.3 is 14.5 Å². The van der Waals surface area contributed by atoms with E-state index in [1.807, 2.05) is 0 Å². The van der Waals surface area contributed by atoms with Crippen LogP contribution in [-0.4, -0.2) is 31.6 Å². The summed E-state index contributed by atoms with van der Waals surface area (Å²) < 4.78 is 10.8. The number of carbonyl (C=O) groups is 1. The average Bonchev–Trinajstić information content (AvgIpc) is 2.81. The molecule has 1 aromatic heterocycles. The van der Waals surface area contributed by atoms with Crippen molar-refractivity contribution in [3.8, 4) is 0 Å². The number of Topliss-reactive ketones (excluding diaryl/α,β-unsaturated/α-hetero) is 1. The van der Waals surface area contributed by atoms with Gasteiger partial charge in [0.1, 0.15) is 5.58 Å². The zero-order chi connectivity index (χ0) is 12.5. The van der Waals surface area contributed by atoms with Crippen LogP contribution in [0.3, 0.4) is 0 Å². The number of hydrogen-bond acceptors (Lipinski definition) is 4. The fourth-order valence-corrected chi connectivity index (χ4v) is 2.22. The molecule has 1 N–H and O–H groups in total. The van der Waals surface area contributed by atoms with Gasteiger partial charge in [-0.15, -0.1) is 0 Å². The third-order valence-electron chi connectivity index (χ3n) is 2.96. The van der Waals surface area contributed by atoms with Gasteiger partial charge in [0.15, 0.2) is 5.76 Å². The summed E-state index contributed by atoms with van der Waals surface area (Å²) in [5, 5.41) is 4.57. The fourth-order valence-electron chi connectivity index (χ4n) is 2.04. The number of morpholine rings is 1. The lowest BCUT2D eigenvalue weighted by molar-refractivity contribution is 0.0590. The molecule has 1 aromatic carbocycles. The molecule has 0 aliphatic carbocycles. The monoisotopic (exact) mass is 265 g/mol. The van der Waals surface area contributed by atoms with Crippen molar-refractivity contribution < 1.29 is 13.9 Å². The molecule has 18 heavy (non-hydrogen) atoms. The number of halogens is 1. The van der Waals surface area contributed by atoms with Crippen molar-refractivity contribution in [2.45, 2.75) is 6.04 Å². The molecule has 2 aromatic rings. The topological polar surface area (TPSA) is 51.5 Å². The molecule has 4 nitrogen and oxygen atoms in total. The summed E-state index contributed by atoms with van der Waals surface area (Å²) in [4.78, 5) is 12.2. The number of hydrogen-bond donors (Lipinski definition) is 1. The van der Waals surface area contributed by atoms with E-state index in [4.69, 9.17) is 20.8 Å². The number of ketones is 1. The lowest BCUT2D eigenvalue weighted by Gasteiger charge is -2.21. The molecule has 0 saturated carbocycles. The van der Waals surface area contributed by atoms with Crippen LogP contribution in [0.1, 0.15) is 10.6 Å². The zero-order valence-electron chi connectivity index (χ0n) is 9.61. The summed E-state index contributed by atoms with van der Waals surface area (Å²) in [6.45, 7) is 1.71. The molecular weight excluding hydrogens is 254 g/mol. The van der Waals surface area contributed by atoms with Gasteiger partial charge in [0.05, 0.1) is 19.3 Å². The summed E-state index contributed by atoms with van der Waals surface area (Å²) in [6.07, 6.45) is 0. The molecule has 1 saturated heterocycles. The van der Waals surface area contributed by atoms with E-state index in [2.05, 4.69) is 5.32 Å². The summed E-state index contributed by atoms with van der Waals surface area (Å²) >= 11 is 5.90. The van der Waals surface area contributed by atoms with E-state index in [1.165, 1.54) is 0 Å². The molecule has 0 bridgehead atoms. The number of carbonyl (C=O) groups excluding carboxylic acids is 1. The Morgan fingerprint density at radius 3 is 3.06 bits per heavy atom. The molecule has 0 amide bonds. The molecule has 0 spiro atoms. The lowest BCUT2D eigenvalue weighted by atomic mass is 10.1. The maximum absolute atomic E-state index is 12.2. The Balaban J connectivity index is 1.91. The summed E-state index contributed by atoms with van der Waals surface area (Å²) in [5.41, 5.74) is 0.666. The van der Waals surface area contributed by atoms with E-state index in [0.717, 1.165) is 5.39 Å². The van der Waals surface area contributed by atoms with Crippen LogP contribution in [0, 0.1) is 0 Å². The van der Waals surface area contributed by atoms with E-state index in [-0.39, 0.29) is 11.8 Å². The van der Waals surface area contributed by atoms with Gasteiger partial charge in [0.2, 0.25) is 5.78 Å². The zero-order valence-corrected chi connectivity index (χ0v) is 10.4. The first-order valence-corrected chi connectivity index (χ1v) is 6.16. The van der Waals surface area contributed by atoms with Crippen LogP contribution < -0.4 is 5.32 Å². The summed E-state index contributed by atoms with van der Waals surface area (Å²) in [7, 11) is 0. The second-order valence-corrected chi connectivity index (χ2v) is 4.68. The Hall–Kier alpha value is -1.36. The van der Waals surface area contributed by atoms with Gasteiger partial charge in [0.25, 0.3) is 0 Å². The normalized spacial score (nSPS) is 20.2. The van der Waals surface area contributed by atoms with Crippen molar-refractivity contribution >= 4 is 28.4 Å². The molecule has 1 aliphatic rings. The Bertz CT molecular complexity index is 587. The Morgan fingerprint density at radius 1 is 1.39 bits per heavy atom. The quantitative estimate of drug-likeness (QED) is 0.847. The van der Waals surface area contributed by atoms with E-state index >= 15 is 0 Å². The first kappa shape index (κ1) is 11.7. The molecule has 94 valence electrons. The summed E-state index contributed by atoms with van der Waals surface area (Å²) in [5.74, 6) is 0.261. The van der Waals surface area contributed by atoms with Crippen LogP contribution >= 0.6 is 11.6 Å².